The minimum absolute atomic E-state index is 0.0234. The van der Waals surface area contributed by atoms with E-state index in [-0.39, 0.29) is 40.8 Å². The molecule has 160 valence electrons. The molecule has 0 aromatic rings. The molecule has 0 spiro atoms. The SMILES string of the molecule is CCC(CC(C)(C)C(C)(C)OC(C)CC(C)(C)N1CCCC1=O)OC(C)C. The predicted molar refractivity (Wildman–Crippen MR) is 113 cm³/mol. The topological polar surface area (TPSA) is 38.8 Å². The van der Waals surface area contributed by atoms with Crippen LogP contribution in [-0.2, 0) is 14.3 Å². The molecule has 1 rings (SSSR count). The van der Waals surface area contributed by atoms with E-state index in [4.69, 9.17) is 9.47 Å². The fraction of sp³-hybridized carbons (Fsp3) is 0.957. The highest BCUT2D eigenvalue weighted by Crippen LogP contribution is 2.41. The van der Waals surface area contributed by atoms with Gasteiger partial charge in [-0.25, -0.2) is 0 Å². The van der Waals surface area contributed by atoms with Crippen LogP contribution in [0.25, 0.3) is 0 Å². The molecule has 1 heterocycles. The monoisotopic (exact) mass is 383 g/mol. The van der Waals surface area contributed by atoms with E-state index in [1.54, 1.807) is 0 Å². The van der Waals surface area contributed by atoms with Crippen LogP contribution in [0.3, 0.4) is 0 Å². The van der Waals surface area contributed by atoms with Gasteiger partial charge in [0.25, 0.3) is 0 Å². The zero-order chi connectivity index (χ0) is 21.0. The Kier molecular flexibility index (Phi) is 8.38. The van der Waals surface area contributed by atoms with Gasteiger partial charge < -0.3 is 14.4 Å². The van der Waals surface area contributed by atoms with Crippen LogP contribution in [0, 0.1) is 5.41 Å². The number of hydrogen-bond donors (Lipinski definition) is 0. The largest absolute Gasteiger partial charge is 0.376 e. The van der Waals surface area contributed by atoms with Crippen LogP contribution in [-0.4, -0.2) is 46.8 Å². The summed E-state index contributed by atoms with van der Waals surface area (Å²) in [6.45, 7) is 22.7. The first-order chi connectivity index (χ1) is 12.2. The molecule has 2 atom stereocenters. The van der Waals surface area contributed by atoms with E-state index in [0.717, 1.165) is 32.2 Å². The van der Waals surface area contributed by atoms with E-state index in [2.05, 4.69) is 69.2 Å². The molecule has 0 aliphatic carbocycles. The second kappa shape index (κ2) is 9.26. The lowest BCUT2D eigenvalue weighted by atomic mass is 9.72. The van der Waals surface area contributed by atoms with Crippen LogP contribution in [0.4, 0.5) is 0 Å². The summed E-state index contributed by atoms with van der Waals surface area (Å²) in [7, 11) is 0. The molecule has 27 heavy (non-hydrogen) atoms. The third-order valence-electron chi connectivity index (χ3n) is 6.37. The number of carbonyl (C=O) groups is 1. The van der Waals surface area contributed by atoms with Crippen LogP contribution in [0.1, 0.15) is 101 Å². The maximum absolute atomic E-state index is 12.2. The van der Waals surface area contributed by atoms with Crippen molar-refractivity contribution in [1.29, 1.82) is 0 Å². The minimum Gasteiger partial charge on any atom is -0.376 e. The summed E-state index contributed by atoms with van der Waals surface area (Å²) < 4.78 is 12.7. The van der Waals surface area contributed by atoms with Gasteiger partial charge in [0.2, 0.25) is 5.91 Å². The van der Waals surface area contributed by atoms with Gasteiger partial charge in [0.05, 0.1) is 23.9 Å². The summed E-state index contributed by atoms with van der Waals surface area (Å²) in [5.41, 5.74) is -0.477. The van der Waals surface area contributed by atoms with Gasteiger partial charge in [0.1, 0.15) is 0 Å². The molecule has 0 saturated carbocycles. The Morgan fingerprint density at radius 1 is 1.04 bits per heavy atom. The van der Waals surface area contributed by atoms with Gasteiger partial charge >= 0.3 is 0 Å². The van der Waals surface area contributed by atoms with Crippen molar-refractivity contribution in [3.05, 3.63) is 0 Å². The maximum atomic E-state index is 12.2. The van der Waals surface area contributed by atoms with Crippen molar-refractivity contribution in [2.75, 3.05) is 6.54 Å². The summed E-state index contributed by atoms with van der Waals surface area (Å²) in [5, 5.41) is 0. The first-order valence-electron chi connectivity index (χ1n) is 10.9. The van der Waals surface area contributed by atoms with Crippen molar-refractivity contribution in [3.8, 4) is 0 Å². The van der Waals surface area contributed by atoms with Gasteiger partial charge in [-0.15, -0.1) is 0 Å². The Morgan fingerprint density at radius 3 is 2.07 bits per heavy atom. The zero-order valence-corrected chi connectivity index (χ0v) is 19.6. The summed E-state index contributed by atoms with van der Waals surface area (Å²) in [6, 6.07) is 0. The van der Waals surface area contributed by atoms with Crippen molar-refractivity contribution in [2.45, 2.75) is 131 Å². The molecule has 0 N–H and O–H groups in total. The van der Waals surface area contributed by atoms with E-state index in [1.807, 2.05) is 4.90 Å². The minimum atomic E-state index is -0.286. The third kappa shape index (κ3) is 6.74. The van der Waals surface area contributed by atoms with Crippen LogP contribution >= 0.6 is 0 Å². The number of hydrogen-bond acceptors (Lipinski definition) is 3. The number of amides is 1. The highest BCUT2D eigenvalue weighted by atomic mass is 16.5. The quantitative estimate of drug-likeness (QED) is 0.467. The first kappa shape index (κ1) is 24.4. The van der Waals surface area contributed by atoms with Crippen molar-refractivity contribution < 1.29 is 14.3 Å². The van der Waals surface area contributed by atoms with Crippen molar-refractivity contribution in [1.82, 2.24) is 4.90 Å². The molecular formula is C23H45NO3. The molecular weight excluding hydrogens is 338 g/mol. The van der Waals surface area contributed by atoms with E-state index < -0.39 is 0 Å². The highest BCUT2D eigenvalue weighted by Gasteiger charge is 2.42. The highest BCUT2D eigenvalue weighted by molar-refractivity contribution is 5.78. The van der Waals surface area contributed by atoms with E-state index >= 15 is 0 Å². The van der Waals surface area contributed by atoms with Gasteiger partial charge in [-0.05, 0) is 79.6 Å². The molecule has 0 aromatic heterocycles. The standard InChI is InChI=1S/C23H45NO3/c1-11-19(26-17(2)3)16-21(5,6)23(9,10)27-18(4)15-22(7,8)24-14-12-13-20(24)25/h17-19H,11-16H2,1-10H3. The van der Waals surface area contributed by atoms with Crippen LogP contribution in [0.5, 0.6) is 0 Å². The van der Waals surface area contributed by atoms with Crippen molar-refractivity contribution in [3.63, 3.8) is 0 Å². The fourth-order valence-electron chi connectivity index (χ4n) is 4.29. The average molecular weight is 384 g/mol. The number of likely N-dealkylation sites (tertiary alicyclic amines) is 1. The van der Waals surface area contributed by atoms with Crippen molar-refractivity contribution >= 4 is 5.91 Å². The van der Waals surface area contributed by atoms with E-state index in [1.165, 1.54) is 0 Å². The molecule has 1 aliphatic rings. The van der Waals surface area contributed by atoms with Gasteiger partial charge in [-0.2, -0.15) is 0 Å². The van der Waals surface area contributed by atoms with Crippen LogP contribution in [0.15, 0.2) is 0 Å². The Morgan fingerprint density at radius 2 is 1.63 bits per heavy atom. The molecule has 2 unspecified atom stereocenters. The Labute approximate surface area is 168 Å². The zero-order valence-electron chi connectivity index (χ0n) is 19.6. The summed E-state index contributed by atoms with van der Waals surface area (Å²) in [5.74, 6) is 0.281. The molecule has 4 nitrogen and oxygen atoms in total. The normalized spacial score (nSPS) is 19.1. The lowest BCUT2D eigenvalue weighted by Gasteiger charge is -2.46. The summed E-state index contributed by atoms with van der Waals surface area (Å²) in [6.07, 6.45) is 5.05. The number of nitrogens with zero attached hydrogens (tertiary/aromatic N) is 1. The molecule has 1 aliphatic heterocycles. The molecule has 1 amide bonds. The Bertz CT molecular complexity index is 482. The first-order valence-corrected chi connectivity index (χ1v) is 10.9. The Balaban J connectivity index is 2.74. The second-order valence-electron chi connectivity index (χ2n) is 10.4. The predicted octanol–water partition coefficient (Wildman–Crippen LogP) is 5.58. The number of rotatable bonds is 11. The lowest BCUT2D eigenvalue weighted by Crippen LogP contribution is -2.50. The average Bonchev–Trinajstić information content (AvgIpc) is 2.91. The Hall–Kier alpha value is -0.610. The smallest absolute Gasteiger partial charge is 0.223 e. The van der Waals surface area contributed by atoms with Gasteiger partial charge in [-0.3, -0.25) is 4.79 Å². The van der Waals surface area contributed by atoms with E-state index in [9.17, 15) is 4.79 Å². The molecule has 0 radical (unpaired) electrons. The molecule has 1 fully saturated rings. The number of ether oxygens (including phenoxy) is 2. The van der Waals surface area contributed by atoms with Crippen LogP contribution in [0.2, 0.25) is 0 Å². The van der Waals surface area contributed by atoms with Gasteiger partial charge in [0, 0.05) is 18.5 Å². The third-order valence-corrected chi connectivity index (χ3v) is 6.37. The summed E-state index contributed by atoms with van der Waals surface area (Å²) in [4.78, 5) is 14.2. The van der Waals surface area contributed by atoms with Gasteiger partial charge in [0.15, 0.2) is 0 Å². The lowest BCUT2D eigenvalue weighted by molar-refractivity contribution is -0.158. The second-order valence-corrected chi connectivity index (χ2v) is 10.4. The molecule has 0 aromatic carbocycles. The van der Waals surface area contributed by atoms with Crippen LogP contribution < -0.4 is 0 Å². The van der Waals surface area contributed by atoms with E-state index in [0.29, 0.717) is 6.42 Å². The maximum Gasteiger partial charge on any atom is 0.223 e. The summed E-state index contributed by atoms with van der Waals surface area (Å²) >= 11 is 0. The molecule has 0 bridgehead atoms. The van der Waals surface area contributed by atoms with Crippen molar-refractivity contribution in [2.24, 2.45) is 5.41 Å². The molecule has 4 heteroatoms. The molecule has 1 saturated heterocycles. The van der Waals surface area contributed by atoms with Gasteiger partial charge in [-0.1, -0.05) is 20.8 Å². The fourth-order valence-corrected chi connectivity index (χ4v) is 4.29. The number of carbonyl (C=O) groups excluding carboxylic acids is 1.